The van der Waals surface area contributed by atoms with Gasteiger partial charge < -0.3 is 4.42 Å². The zero-order valence-corrected chi connectivity index (χ0v) is 29.4. The zero-order chi connectivity index (χ0) is 37.0. The fourth-order valence-electron chi connectivity index (χ4n) is 6.63. The maximum Gasteiger partial charge on any atom is 0.248 e. The van der Waals surface area contributed by atoms with E-state index in [1.165, 1.54) is 0 Å². The van der Waals surface area contributed by atoms with Gasteiger partial charge in [0, 0.05) is 27.8 Å². The number of benzene rings is 7. The fourth-order valence-corrected chi connectivity index (χ4v) is 6.63. The Labute approximate surface area is 318 Å². The highest BCUT2D eigenvalue weighted by Crippen LogP contribution is 2.37. The normalized spacial score (nSPS) is 10.9. The van der Waals surface area contributed by atoms with E-state index in [9.17, 15) is 5.26 Å². The largest absolute Gasteiger partial charge is 0.416 e. The number of nitriles is 1. The van der Waals surface area contributed by atoms with Crippen molar-refractivity contribution in [3.8, 4) is 96.5 Å². The Morgan fingerprint density at radius 2 is 0.782 bits per heavy atom. The Balaban J connectivity index is 1.13. The van der Waals surface area contributed by atoms with Crippen LogP contribution in [0.25, 0.3) is 90.5 Å². The average Bonchev–Trinajstić information content (AvgIpc) is 3.78. The van der Waals surface area contributed by atoms with E-state index in [0.29, 0.717) is 34.8 Å². The molecule has 0 bridgehead atoms. The molecule has 0 saturated heterocycles. The summed E-state index contributed by atoms with van der Waals surface area (Å²) in [5.74, 6) is 2.61. The standard InChI is InChI=1S/C48H30N6O/c49-31-32-22-24-33(25-23-32)34-26-28-35(29-27-34)40-18-7-9-20-42(40)45-50-44(36-12-3-1-4-13-36)51-46(52-45)43-21-10-8-19-41(43)38-16-11-17-39(30-38)48-54-53-47(55-48)37-14-5-2-6-15-37/h1-30H. The van der Waals surface area contributed by atoms with Crippen molar-refractivity contribution in [1.82, 2.24) is 25.1 Å². The van der Waals surface area contributed by atoms with Crippen LogP contribution in [0.1, 0.15) is 5.56 Å². The van der Waals surface area contributed by atoms with Gasteiger partial charge in [0.15, 0.2) is 17.5 Å². The minimum Gasteiger partial charge on any atom is -0.416 e. The highest BCUT2D eigenvalue weighted by molar-refractivity contribution is 5.86. The van der Waals surface area contributed by atoms with Gasteiger partial charge in [-0.05, 0) is 69.8 Å². The van der Waals surface area contributed by atoms with Gasteiger partial charge in [-0.1, -0.05) is 146 Å². The second kappa shape index (κ2) is 14.7. The lowest BCUT2D eigenvalue weighted by atomic mass is 9.96. The molecule has 7 aromatic carbocycles. The Morgan fingerprint density at radius 3 is 1.38 bits per heavy atom. The van der Waals surface area contributed by atoms with Gasteiger partial charge in [0.05, 0.1) is 11.6 Å². The molecule has 0 aliphatic rings. The topological polar surface area (TPSA) is 101 Å². The van der Waals surface area contributed by atoms with Gasteiger partial charge in [0.2, 0.25) is 11.8 Å². The summed E-state index contributed by atoms with van der Waals surface area (Å²) in [4.78, 5) is 15.3. The van der Waals surface area contributed by atoms with Crippen molar-refractivity contribution in [2.24, 2.45) is 0 Å². The summed E-state index contributed by atoms with van der Waals surface area (Å²) >= 11 is 0. The molecule has 0 fully saturated rings. The molecule has 258 valence electrons. The molecule has 2 aromatic heterocycles. The first-order valence-electron chi connectivity index (χ1n) is 17.8. The van der Waals surface area contributed by atoms with Crippen LogP contribution in [0.3, 0.4) is 0 Å². The summed E-state index contributed by atoms with van der Waals surface area (Å²) < 4.78 is 6.11. The molecule has 0 amide bonds. The third kappa shape index (κ3) is 6.79. The van der Waals surface area contributed by atoms with Crippen molar-refractivity contribution in [2.75, 3.05) is 0 Å². The molecule has 0 aliphatic carbocycles. The number of rotatable bonds is 8. The fraction of sp³-hybridized carbons (Fsp3) is 0. The van der Waals surface area contributed by atoms with Crippen molar-refractivity contribution in [1.29, 1.82) is 5.26 Å². The molecule has 55 heavy (non-hydrogen) atoms. The highest BCUT2D eigenvalue weighted by Gasteiger charge is 2.19. The maximum absolute atomic E-state index is 9.22. The molecule has 0 radical (unpaired) electrons. The van der Waals surface area contributed by atoms with Crippen LogP contribution < -0.4 is 0 Å². The van der Waals surface area contributed by atoms with Gasteiger partial charge in [-0.2, -0.15) is 5.26 Å². The summed E-state index contributed by atoms with van der Waals surface area (Å²) in [5.41, 5.74) is 11.0. The minimum atomic E-state index is 0.438. The summed E-state index contributed by atoms with van der Waals surface area (Å²) in [5, 5.41) is 17.9. The van der Waals surface area contributed by atoms with Gasteiger partial charge in [0.25, 0.3) is 0 Å². The van der Waals surface area contributed by atoms with Crippen molar-refractivity contribution in [3.63, 3.8) is 0 Å². The van der Waals surface area contributed by atoms with E-state index >= 15 is 0 Å². The van der Waals surface area contributed by atoms with Crippen LogP contribution >= 0.6 is 0 Å². The smallest absolute Gasteiger partial charge is 0.248 e. The van der Waals surface area contributed by atoms with E-state index in [0.717, 1.165) is 61.2 Å². The zero-order valence-electron chi connectivity index (χ0n) is 29.4. The molecule has 7 heteroatoms. The summed E-state index contributed by atoms with van der Waals surface area (Å²) in [6.45, 7) is 0. The van der Waals surface area contributed by atoms with E-state index < -0.39 is 0 Å². The maximum atomic E-state index is 9.22. The van der Waals surface area contributed by atoms with Crippen LogP contribution in [-0.4, -0.2) is 25.1 Å². The first kappa shape index (κ1) is 33.0. The molecule has 9 aromatic rings. The number of nitrogens with zero attached hydrogens (tertiary/aromatic N) is 6. The lowest BCUT2D eigenvalue weighted by molar-refractivity contribution is 0.584. The van der Waals surface area contributed by atoms with E-state index in [4.69, 9.17) is 19.4 Å². The number of hydrogen-bond acceptors (Lipinski definition) is 7. The molecular formula is C48H30N6O. The van der Waals surface area contributed by atoms with Crippen molar-refractivity contribution in [3.05, 3.63) is 188 Å². The van der Waals surface area contributed by atoms with E-state index in [2.05, 4.69) is 70.9 Å². The van der Waals surface area contributed by atoms with Gasteiger partial charge in [-0.15, -0.1) is 10.2 Å². The summed E-state index contributed by atoms with van der Waals surface area (Å²) in [7, 11) is 0. The molecule has 0 aliphatic heterocycles. The highest BCUT2D eigenvalue weighted by atomic mass is 16.4. The Bertz CT molecular complexity index is 2810. The second-order valence-electron chi connectivity index (χ2n) is 12.9. The Kier molecular flexibility index (Phi) is 8.81. The lowest BCUT2D eigenvalue weighted by Gasteiger charge is -2.14. The second-order valence-corrected chi connectivity index (χ2v) is 12.9. The monoisotopic (exact) mass is 706 g/mol. The van der Waals surface area contributed by atoms with Gasteiger partial charge >= 0.3 is 0 Å². The van der Waals surface area contributed by atoms with Crippen molar-refractivity contribution >= 4 is 0 Å². The number of aromatic nitrogens is 5. The minimum absolute atomic E-state index is 0.438. The quantitative estimate of drug-likeness (QED) is 0.155. The van der Waals surface area contributed by atoms with Gasteiger partial charge in [0.1, 0.15) is 0 Å². The third-order valence-electron chi connectivity index (χ3n) is 9.41. The average molecular weight is 707 g/mol. The Morgan fingerprint density at radius 1 is 0.345 bits per heavy atom. The Hall–Kier alpha value is -7.82. The molecule has 0 atom stereocenters. The molecule has 0 N–H and O–H groups in total. The number of hydrogen-bond donors (Lipinski definition) is 0. The van der Waals surface area contributed by atoms with Crippen LogP contribution in [0.2, 0.25) is 0 Å². The van der Waals surface area contributed by atoms with E-state index in [1.807, 2.05) is 127 Å². The predicted molar refractivity (Wildman–Crippen MR) is 216 cm³/mol. The van der Waals surface area contributed by atoms with Crippen LogP contribution in [0.5, 0.6) is 0 Å². The molecule has 0 unspecified atom stereocenters. The molecule has 0 saturated carbocycles. The summed E-state index contributed by atoms with van der Waals surface area (Å²) in [6.07, 6.45) is 0. The van der Waals surface area contributed by atoms with Crippen LogP contribution in [0, 0.1) is 11.3 Å². The first-order valence-corrected chi connectivity index (χ1v) is 17.8. The molecule has 9 rings (SSSR count). The SMILES string of the molecule is N#Cc1ccc(-c2ccc(-c3ccccc3-c3nc(-c4ccccc4)nc(-c4ccccc4-c4cccc(-c5nnc(-c6ccccc6)o5)c4)n3)cc2)cc1. The van der Waals surface area contributed by atoms with Crippen molar-refractivity contribution < 1.29 is 4.42 Å². The molecule has 2 heterocycles. The third-order valence-corrected chi connectivity index (χ3v) is 9.41. The van der Waals surface area contributed by atoms with Crippen LogP contribution in [0.4, 0.5) is 0 Å². The molecule has 7 nitrogen and oxygen atoms in total. The first-order chi connectivity index (χ1) is 27.2. The lowest BCUT2D eigenvalue weighted by Crippen LogP contribution is -2.02. The predicted octanol–water partition coefficient (Wildman–Crippen LogP) is 11.5. The van der Waals surface area contributed by atoms with Gasteiger partial charge in [-0.3, -0.25) is 0 Å². The molecular weight excluding hydrogens is 677 g/mol. The van der Waals surface area contributed by atoms with Crippen LogP contribution in [0.15, 0.2) is 186 Å². The van der Waals surface area contributed by atoms with Crippen LogP contribution in [-0.2, 0) is 0 Å². The van der Waals surface area contributed by atoms with E-state index in [1.54, 1.807) is 0 Å². The summed E-state index contributed by atoms with van der Waals surface area (Å²) in [6, 6.07) is 62.4. The van der Waals surface area contributed by atoms with E-state index in [-0.39, 0.29) is 0 Å². The van der Waals surface area contributed by atoms with Crippen molar-refractivity contribution in [2.45, 2.75) is 0 Å². The molecule has 0 spiro atoms. The van der Waals surface area contributed by atoms with Gasteiger partial charge in [-0.25, -0.2) is 15.0 Å².